The molecule has 0 saturated heterocycles. The molecule has 0 aliphatic heterocycles. The van der Waals surface area contributed by atoms with E-state index in [4.69, 9.17) is 0 Å². The average Bonchev–Trinajstić information content (AvgIpc) is 2.02. The van der Waals surface area contributed by atoms with Gasteiger partial charge in [0.15, 0.2) is 11.6 Å². The zero-order chi connectivity index (χ0) is 10.8. The van der Waals surface area contributed by atoms with E-state index in [1.807, 2.05) is 0 Å². The van der Waals surface area contributed by atoms with Gasteiger partial charge >= 0.3 is 58.4 Å². The Morgan fingerprint density at radius 3 is 2.13 bits per heavy atom. The maximum absolute atomic E-state index is 11.9. The molecule has 1 aromatic rings. The topological polar surface area (TPSA) is 42.9 Å². The molecule has 15 heavy (non-hydrogen) atoms. The Labute approximate surface area is 127 Å². The largest absolute Gasteiger partial charge is 1.00 e. The summed E-state index contributed by atoms with van der Waals surface area (Å²) in [6.07, 6.45) is 1.04. The number of rotatable bonds is 3. The number of aromatic nitrogens is 2. The third-order valence-electron chi connectivity index (χ3n) is 1.49. The van der Waals surface area contributed by atoms with Crippen LogP contribution in [0.5, 0.6) is 0 Å². The van der Waals surface area contributed by atoms with E-state index in [1.165, 1.54) is 6.92 Å². The van der Waals surface area contributed by atoms with Gasteiger partial charge in [-0.2, -0.15) is 0 Å². The maximum Gasteiger partial charge on any atom is 1.00 e. The summed E-state index contributed by atoms with van der Waals surface area (Å²) >= 11 is 0. The number of nitrogens with zero attached hydrogens (tertiary/aromatic N) is 2. The molecule has 0 atom stereocenters. The van der Waals surface area contributed by atoms with E-state index in [-0.39, 0.29) is 68.6 Å². The zero-order valence-electron chi connectivity index (χ0n) is 8.38. The van der Waals surface area contributed by atoms with E-state index in [1.54, 1.807) is 0 Å². The first-order chi connectivity index (χ1) is 6.38. The van der Waals surface area contributed by atoms with Crippen molar-refractivity contribution in [1.82, 2.24) is 9.97 Å². The van der Waals surface area contributed by atoms with Crippen molar-refractivity contribution >= 4 is 12.8 Å². The van der Waals surface area contributed by atoms with Crippen LogP contribution in [-0.2, 0) is 6.32 Å². The van der Waals surface area contributed by atoms with Gasteiger partial charge in [0.2, 0.25) is 0 Å². The van der Waals surface area contributed by atoms with Crippen LogP contribution < -0.4 is 51.4 Å². The molecular formula is C7H7BF3KN2O. The van der Waals surface area contributed by atoms with Crippen molar-refractivity contribution in [2.75, 3.05) is 0 Å². The molecule has 0 amide bonds. The summed E-state index contributed by atoms with van der Waals surface area (Å²) < 4.78 is 35.8. The minimum atomic E-state index is -4.88. The molecule has 0 N–H and O–H groups in total. The molecule has 3 nitrogen and oxygen atoms in total. The molecule has 0 aliphatic rings. The number of carbonyl (C=O) groups is 1. The Morgan fingerprint density at radius 1 is 1.33 bits per heavy atom. The number of ketones is 1. The molecule has 76 valence electrons. The molecule has 0 spiro atoms. The summed E-state index contributed by atoms with van der Waals surface area (Å²) in [5.74, 6) is -0.433. The zero-order valence-corrected chi connectivity index (χ0v) is 11.5. The van der Waals surface area contributed by atoms with Crippen LogP contribution in [0.4, 0.5) is 12.9 Å². The first-order valence-corrected chi connectivity index (χ1v) is 3.91. The smallest absolute Gasteiger partial charge is 0.449 e. The number of halogens is 3. The minimum Gasteiger partial charge on any atom is -0.449 e. The monoisotopic (exact) mass is 242 g/mol. The van der Waals surface area contributed by atoms with E-state index < -0.39 is 13.3 Å². The first-order valence-electron chi connectivity index (χ1n) is 3.91. The predicted octanol–water partition coefficient (Wildman–Crippen LogP) is -1.39. The van der Waals surface area contributed by atoms with E-state index in [0.717, 1.165) is 12.4 Å². The van der Waals surface area contributed by atoms with Gasteiger partial charge in [0.05, 0.1) is 0 Å². The van der Waals surface area contributed by atoms with Gasteiger partial charge in [-0.15, -0.1) is 0 Å². The SMILES string of the molecule is CC(=O)c1ncc(C[B-](F)(F)F)cn1.[K+]. The average molecular weight is 242 g/mol. The van der Waals surface area contributed by atoms with Crippen molar-refractivity contribution in [2.24, 2.45) is 0 Å². The van der Waals surface area contributed by atoms with Crippen molar-refractivity contribution < 1.29 is 69.1 Å². The van der Waals surface area contributed by atoms with Gasteiger partial charge in [-0.3, -0.25) is 4.79 Å². The third-order valence-corrected chi connectivity index (χ3v) is 1.49. The molecule has 8 heteroatoms. The Balaban J connectivity index is 0.00000196. The van der Waals surface area contributed by atoms with Crippen molar-refractivity contribution in [3.63, 3.8) is 0 Å². The molecular weight excluding hydrogens is 235 g/mol. The van der Waals surface area contributed by atoms with Crippen LogP contribution in [-0.4, -0.2) is 22.7 Å². The van der Waals surface area contributed by atoms with Gasteiger partial charge in [0.25, 0.3) is 0 Å². The Hall–Kier alpha value is 0.241. The van der Waals surface area contributed by atoms with Crippen molar-refractivity contribution in [3.05, 3.63) is 23.8 Å². The molecule has 1 aromatic heterocycles. The van der Waals surface area contributed by atoms with Crippen LogP contribution in [0.3, 0.4) is 0 Å². The Morgan fingerprint density at radius 2 is 1.80 bits per heavy atom. The molecule has 0 radical (unpaired) electrons. The second kappa shape index (κ2) is 6.09. The Bertz CT molecular complexity index is 341. The molecule has 0 fully saturated rings. The summed E-state index contributed by atoms with van der Waals surface area (Å²) in [6, 6.07) is 0. The minimum absolute atomic E-state index is 0. The van der Waals surface area contributed by atoms with E-state index in [9.17, 15) is 17.7 Å². The second-order valence-electron chi connectivity index (χ2n) is 2.89. The predicted molar refractivity (Wildman–Crippen MR) is 44.8 cm³/mol. The van der Waals surface area contributed by atoms with Crippen LogP contribution in [0.25, 0.3) is 0 Å². The number of carbonyl (C=O) groups excluding carboxylic acids is 1. The molecule has 0 saturated carbocycles. The van der Waals surface area contributed by atoms with E-state index >= 15 is 0 Å². The number of Topliss-reactive ketones (excluding diaryl/α,β-unsaturated/α-hetero) is 1. The molecule has 1 rings (SSSR count). The van der Waals surface area contributed by atoms with Gasteiger partial charge in [-0.05, 0) is 5.56 Å². The Kier molecular flexibility index (Phi) is 6.19. The fraction of sp³-hybridized carbons (Fsp3) is 0.286. The van der Waals surface area contributed by atoms with Gasteiger partial charge in [0, 0.05) is 19.3 Å². The summed E-state index contributed by atoms with van der Waals surface area (Å²) in [7, 11) is 0. The number of hydrogen-bond donors (Lipinski definition) is 0. The fourth-order valence-corrected chi connectivity index (χ4v) is 0.909. The number of hydrogen-bond acceptors (Lipinski definition) is 3. The molecule has 0 unspecified atom stereocenters. The van der Waals surface area contributed by atoms with Crippen LogP contribution >= 0.6 is 0 Å². The van der Waals surface area contributed by atoms with E-state index in [2.05, 4.69) is 9.97 Å². The molecule has 1 heterocycles. The standard InChI is InChI=1S/C7H7BF3N2O.K/c1-5(14)7-12-3-6(4-13-7)2-8(9,10)11;/h3-4H,2H2,1H3;/q-1;+1. The maximum atomic E-state index is 11.9. The van der Waals surface area contributed by atoms with E-state index in [0.29, 0.717) is 0 Å². The van der Waals surface area contributed by atoms with Gasteiger partial charge in [0.1, 0.15) is 0 Å². The van der Waals surface area contributed by atoms with Crippen molar-refractivity contribution in [1.29, 1.82) is 0 Å². The molecule has 0 aromatic carbocycles. The first kappa shape index (κ1) is 15.2. The quantitative estimate of drug-likeness (QED) is 0.484. The molecule has 0 bridgehead atoms. The van der Waals surface area contributed by atoms with Crippen LogP contribution in [0.1, 0.15) is 23.1 Å². The third kappa shape index (κ3) is 5.76. The summed E-state index contributed by atoms with van der Waals surface area (Å²) in [4.78, 5) is 17.7. The summed E-state index contributed by atoms with van der Waals surface area (Å²) in [5, 5.41) is 0. The van der Waals surface area contributed by atoms with Crippen LogP contribution in [0, 0.1) is 0 Å². The van der Waals surface area contributed by atoms with Gasteiger partial charge in [-0.1, -0.05) is 6.32 Å². The van der Waals surface area contributed by atoms with Gasteiger partial charge in [-0.25, -0.2) is 9.97 Å². The van der Waals surface area contributed by atoms with Crippen LogP contribution in [0.2, 0.25) is 0 Å². The van der Waals surface area contributed by atoms with Crippen molar-refractivity contribution in [2.45, 2.75) is 13.2 Å². The summed E-state index contributed by atoms with van der Waals surface area (Å²) in [6.45, 7) is -3.62. The normalized spacial score (nSPS) is 10.7. The summed E-state index contributed by atoms with van der Waals surface area (Å²) in [5.41, 5.74) is -0.0255. The van der Waals surface area contributed by atoms with Crippen molar-refractivity contribution in [3.8, 4) is 0 Å². The van der Waals surface area contributed by atoms with Crippen LogP contribution in [0.15, 0.2) is 12.4 Å². The molecule has 0 aliphatic carbocycles. The fourth-order valence-electron chi connectivity index (χ4n) is 0.909. The second-order valence-corrected chi connectivity index (χ2v) is 2.89. The van der Waals surface area contributed by atoms with Gasteiger partial charge < -0.3 is 12.9 Å².